The summed E-state index contributed by atoms with van der Waals surface area (Å²) in [6.45, 7) is 7.39. The Morgan fingerprint density at radius 1 is 1.08 bits per heavy atom. The molecule has 3 rings (SSSR count). The molecule has 1 heterocycles. The van der Waals surface area contributed by atoms with Crippen molar-refractivity contribution >= 4 is 11.0 Å². The molecule has 3 heteroatoms. The quantitative estimate of drug-likeness (QED) is 0.524. The molecule has 1 aromatic heterocycles. The average Bonchev–Trinajstić information content (AvgIpc) is 2.94. The monoisotopic (exact) mass is 322 g/mol. The Hall–Kier alpha value is -2.29. The Kier molecular flexibility index (Phi) is 5.19. The summed E-state index contributed by atoms with van der Waals surface area (Å²) in [6.07, 6.45) is 3.54. The molecule has 1 atom stereocenters. The van der Waals surface area contributed by atoms with Gasteiger partial charge in [0.1, 0.15) is 5.75 Å². The normalized spacial score (nSPS) is 12.5. The molecule has 0 aliphatic heterocycles. The van der Waals surface area contributed by atoms with E-state index in [2.05, 4.69) is 55.7 Å². The molecule has 0 saturated carbocycles. The molecule has 0 bridgehead atoms. The summed E-state index contributed by atoms with van der Waals surface area (Å²) in [5, 5.41) is 0. The van der Waals surface area contributed by atoms with Gasteiger partial charge in [-0.2, -0.15) is 0 Å². The van der Waals surface area contributed by atoms with Crippen LogP contribution in [0.25, 0.3) is 11.0 Å². The molecule has 0 saturated heterocycles. The van der Waals surface area contributed by atoms with E-state index >= 15 is 0 Å². The fourth-order valence-electron chi connectivity index (χ4n) is 3.10. The third-order valence-electron chi connectivity index (χ3n) is 4.34. The maximum absolute atomic E-state index is 6.17. The molecule has 1 unspecified atom stereocenters. The molecule has 0 fully saturated rings. The molecule has 0 N–H and O–H groups in total. The maximum atomic E-state index is 6.17. The van der Waals surface area contributed by atoms with E-state index in [0.29, 0.717) is 0 Å². The van der Waals surface area contributed by atoms with Crippen LogP contribution < -0.4 is 4.74 Å². The number of para-hydroxylation sites is 2. The first-order valence-corrected chi connectivity index (χ1v) is 8.87. The maximum Gasteiger partial charge on any atom is 0.153 e. The lowest BCUT2D eigenvalue weighted by Crippen LogP contribution is -2.12. The van der Waals surface area contributed by atoms with Crippen molar-refractivity contribution in [2.75, 3.05) is 0 Å². The van der Waals surface area contributed by atoms with Crippen molar-refractivity contribution in [2.45, 2.75) is 52.7 Å². The standard InChI is InChI=1S/C21H26N2O/c1-4-5-8-14-23-20-13-7-6-12-19(20)22-21(23)17(3)24-18-11-9-10-16(2)15-18/h6-7,9-13,15,17H,4-5,8,14H2,1-3H3. The summed E-state index contributed by atoms with van der Waals surface area (Å²) in [5.41, 5.74) is 3.45. The Balaban J connectivity index is 1.90. The fraction of sp³-hybridized carbons (Fsp3) is 0.381. The molecule has 0 aliphatic carbocycles. The molecule has 0 aliphatic rings. The van der Waals surface area contributed by atoms with Crippen LogP contribution in [0.3, 0.4) is 0 Å². The van der Waals surface area contributed by atoms with E-state index in [1.807, 2.05) is 18.2 Å². The van der Waals surface area contributed by atoms with Gasteiger partial charge in [-0.15, -0.1) is 0 Å². The number of hydrogen-bond acceptors (Lipinski definition) is 2. The van der Waals surface area contributed by atoms with Crippen molar-refractivity contribution in [2.24, 2.45) is 0 Å². The number of benzene rings is 2. The van der Waals surface area contributed by atoms with Crippen molar-refractivity contribution in [1.82, 2.24) is 9.55 Å². The highest BCUT2D eigenvalue weighted by Gasteiger charge is 2.17. The lowest BCUT2D eigenvalue weighted by atomic mass is 10.2. The molecule has 3 aromatic rings. The van der Waals surface area contributed by atoms with Crippen LogP contribution in [-0.2, 0) is 6.54 Å². The molecule has 0 spiro atoms. The van der Waals surface area contributed by atoms with Crippen LogP contribution >= 0.6 is 0 Å². The molecule has 0 radical (unpaired) electrons. The van der Waals surface area contributed by atoms with Crippen molar-refractivity contribution in [3.8, 4) is 5.75 Å². The third kappa shape index (κ3) is 3.61. The summed E-state index contributed by atoms with van der Waals surface area (Å²) in [7, 11) is 0. The minimum Gasteiger partial charge on any atom is -0.483 e. The van der Waals surface area contributed by atoms with Crippen LogP contribution in [0, 0.1) is 6.92 Å². The van der Waals surface area contributed by atoms with E-state index in [0.717, 1.165) is 23.6 Å². The van der Waals surface area contributed by atoms with Gasteiger partial charge in [0.05, 0.1) is 11.0 Å². The highest BCUT2D eigenvalue weighted by atomic mass is 16.5. The zero-order chi connectivity index (χ0) is 16.9. The second-order valence-electron chi connectivity index (χ2n) is 6.39. The first-order chi connectivity index (χ1) is 11.7. The van der Waals surface area contributed by atoms with Crippen LogP contribution in [0.2, 0.25) is 0 Å². The summed E-state index contributed by atoms with van der Waals surface area (Å²) < 4.78 is 8.50. The van der Waals surface area contributed by atoms with Crippen molar-refractivity contribution in [1.29, 1.82) is 0 Å². The molecule has 0 amide bonds. The fourth-order valence-corrected chi connectivity index (χ4v) is 3.10. The SMILES string of the molecule is CCCCCn1c(C(C)Oc2cccc(C)c2)nc2ccccc21. The summed E-state index contributed by atoms with van der Waals surface area (Å²) >= 11 is 0. The summed E-state index contributed by atoms with van der Waals surface area (Å²) in [4.78, 5) is 4.85. The predicted octanol–water partition coefficient (Wildman–Crippen LogP) is 5.67. The Morgan fingerprint density at radius 3 is 2.71 bits per heavy atom. The number of unbranched alkanes of at least 4 members (excludes halogenated alkanes) is 2. The number of nitrogens with zero attached hydrogens (tertiary/aromatic N) is 2. The topological polar surface area (TPSA) is 27.1 Å². The average molecular weight is 322 g/mol. The van der Waals surface area contributed by atoms with Crippen LogP contribution in [0.15, 0.2) is 48.5 Å². The number of aromatic nitrogens is 2. The smallest absolute Gasteiger partial charge is 0.153 e. The number of imidazole rings is 1. The second-order valence-corrected chi connectivity index (χ2v) is 6.39. The van der Waals surface area contributed by atoms with Crippen molar-refractivity contribution in [3.05, 3.63) is 59.9 Å². The van der Waals surface area contributed by atoms with Crippen LogP contribution in [0.4, 0.5) is 0 Å². The van der Waals surface area contributed by atoms with Gasteiger partial charge in [0, 0.05) is 6.54 Å². The van der Waals surface area contributed by atoms with Gasteiger partial charge in [0.2, 0.25) is 0 Å². The zero-order valence-corrected chi connectivity index (χ0v) is 14.8. The molecular formula is C21H26N2O. The number of fused-ring (bicyclic) bond motifs is 1. The van der Waals surface area contributed by atoms with Gasteiger partial charge in [-0.1, -0.05) is 44.0 Å². The van der Waals surface area contributed by atoms with E-state index in [4.69, 9.17) is 9.72 Å². The second kappa shape index (κ2) is 7.52. The van der Waals surface area contributed by atoms with Crippen LogP contribution in [0.5, 0.6) is 5.75 Å². The molecule has 24 heavy (non-hydrogen) atoms. The van der Waals surface area contributed by atoms with Crippen LogP contribution in [0.1, 0.15) is 50.6 Å². The van der Waals surface area contributed by atoms with Gasteiger partial charge >= 0.3 is 0 Å². The van der Waals surface area contributed by atoms with E-state index in [1.165, 1.54) is 30.3 Å². The first kappa shape index (κ1) is 16.6. The van der Waals surface area contributed by atoms with E-state index in [1.54, 1.807) is 0 Å². The molecule has 126 valence electrons. The van der Waals surface area contributed by atoms with Crippen molar-refractivity contribution < 1.29 is 4.74 Å². The van der Waals surface area contributed by atoms with E-state index in [9.17, 15) is 0 Å². The van der Waals surface area contributed by atoms with E-state index in [-0.39, 0.29) is 6.10 Å². The highest BCUT2D eigenvalue weighted by molar-refractivity contribution is 5.76. The Labute approximate surface area is 144 Å². The molecule has 2 aromatic carbocycles. The third-order valence-corrected chi connectivity index (χ3v) is 4.34. The Bertz CT molecular complexity index is 806. The predicted molar refractivity (Wildman–Crippen MR) is 99.5 cm³/mol. The van der Waals surface area contributed by atoms with Gasteiger partial charge in [0.25, 0.3) is 0 Å². The lowest BCUT2D eigenvalue weighted by Gasteiger charge is -2.17. The number of rotatable bonds is 7. The van der Waals surface area contributed by atoms with Crippen molar-refractivity contribution in [3.63, 3.8) is 0 Å². The highest BCUT2D eigenvalue weighted by Crippen LogP contribution is 2.26. The summed E-state index contributed by atoms with van der Waals surface area (Å²) in [5.74, 6) is 1.91. The van der Waals surface area contributed by atoms with Gasteiger partial charge < -0.3 is 9.30 Å². The first-order valence-electron chi connectivity index (χ1n) is 8.87. The minimum absolute atomic E-state index is 0.0826. The largest absolute Gasteiger partial charge is 0.483 e. The minimum atomic E-state index is -0.0826. The Morgan fingerprint density at radius 2 is 1.92 bits per heavy atom. The number of aryl methyl sites for hydroxylation is 2. The number of hydrogen-bond donors (Lipinski definition) is 0. The summed E-state index contributed by atoms with van der Waals surface area (Å²) in [6, 6.07) is 16.5. The zero-order valence-electron chi connectivity index (χ0n) is 14.8. The molecule has 3 nitrogen and oxygen atoms in total. The van der Waals surface area contributed by atoms with Gasteiger partial charge in [0.15, 0.2) is 11.9 Å². The van der Waals surface area contributed by atoms with E-state index < -0.39 is 0 Å². The van der Waals surface area contributed by atoms with Gasteiger partial charge in [-0.3, -0.25) is 0 Å². The lowest BCUT2D eigenvalue weighted by molar-refractivity contribution is 0.211. The van der Waals surface area contributed by atoms with Crippen LogP contribution in [-0.4, -0.2) is 9.55 Å². The molecular weight excluding hydrogens is 296 g/mol. The number of ether oxygens (including phenoxy) is 1. The van der Waals surface area contributed by atoms with Gasteiger partial charge in [-0.05, 0) is 50.1 Å². The van der Waals surface area contributed by atoms with Gasteiger partial charge in [-0.25, -0.2) is 4.98 Å².